The summed E-state index contributed by atoms with van der Waals surface area (Å²) < 4.78 is 0. The molecular formula is C21H15Cl2NO2. The second kappa shape index (κ2) is 6.75. The van der Waals surface area contributed by atoms with Crippen molar-refractivity contribution in [1.29, 1.82) is 0 Å². The topological polar surface area (TPSA) is 50.2 Å². The zero-order valence-corrected chi connectivity index (χ0v) is 15.3. The van der Waals surface area contributed by atoms with Crippen LogP contribution in [0.1, 0.15) is 40.0 Å². The predicted molar refractivity (Wildman–Crippen MR) is 106 cm³/mol. The first-order valence-electron chi connectivity index (χ1n) is 8.35. The Balaban J connectivity index is 1.94. The van der Waals surface area contributed by atoms with Crippen LogP contribution in [-0.4, -0.2) is 16.1 Å². The van der Waals surface area contributed by atoms with Crippen LogP contribution < -0.4 is 0 Å². The molecule has 1 N–H and O–H groups in total. The van der Waals surface area contributed by atoms with Crippen LogP contribution in [0.3, 0.4) is 0 Å². The predicted octanol–water partition coefficient (Wildman–Crippen LogP) is 6.12. The van der Waals surface area contributed by atoms with E-state index in [1.807, 2.05) is 42.5 Å². The maximum absolute atomic E-state index is 12.0. The molecule has 0 spiro atoms. The van der Waals surface area contributed by atoms with Crippen LogP contribution in [0.5, 0.6) is 0 Å². The number of aromatic carboxylic acids is 1. The highest BCUT2D eigenvalue weighted by molar-refractivity contribution is 6.42. The Hall–Kier alpha value is -2.36. The highest BCUT2D eigenvalue weighted by Gasteiger charge is 2.24. The number of pyridine rings is 1. The van der Waals surface area contributed by atoms with Gasteiger partial charge in [0.2, 0.25) is 0 Å². The molecule has 3 aromatic rings. The molecule has 0 unspecified atom stereocenters. The highest BCUT2D eigenvalue weighted by Crippen LogP contribution is 2.36. The van der Waals surface area contributed by atoms with Gasteiger partial charge in [-0.05, 0) is 60.2 Å². The van der Waals surface area contributed by atoms with E-state index in [0.29, 0.717) is 32.9 Å². The van der Waals surface area contributed by atoms with Crippen molar-refractivity contribution in [2.45, 2.75) is 19.3 Å². The first-order chi connectivity index (χ1) is 12.5. The molecule has 0 saturated carbocycles. The molecule has 3 nitrogen and oxygen atoms in total. The van der Waals surface area contributed by atoms with Crippen LogP contribution in [-0.2, 0) is 6.42 Å². The maximum Gasteiger partial charge on any atom is 0.336 e. The number of benzene rings is 2. The first-order valence-corrected chi connectivity index (χ1v) is 9.11. The highest BCUT2D eigenvalue weighted by atomic mass is 35.5. The lowest BCUT2D eigenvalue weighted by atomic mass is 9.86. The third-order valence-corrected chi connectivity index (χ3v) is 5.41. The summed E-state index contributed by atoms with van der Waals surface area (Å²) in [6.07, 6.45) is 4.47. The molecule has 0 atom stereocenters. The van der Waals surface area contributed by atoms with E-state index in [2.05, 4.69) is 0 Å². The van der Waals surface area contributed by atoms with Gasteiger partial charge in [0.05, 0.1) is 26.8 Å². The van der Waals surface area contributed by atoms with Crippen molar-refractivity contribution in [2.75, 3.05) is 0 Å². The van der Waals surface area contributed by atoms with Gasteiger partial charge in [0.25, 0.3) is 0 Å². The van der Waals surface area contributed by atoms with E-state index in [1.165, 1.54) is 0 Å². The monoisotopic (exact) mass is 383 g/mol. The fraction of sp³-hybridized carbons (Fsp3) is 0.143. The van der Waals surface area contributed by atoms with Gasteiger partial charge in [0.15, 0.2) is 0 Å². The lowest BCUT2D eigenvalue weighted by Crippen LogP contribution is -2.13. The van der Waals surface area contributed by atoms with Gasteiger partial charge >= 0.3 is 5.97 Å². The third kappa shape index (κ3) is 2.98. The van der Waals surface area contributed by atoms with E-state index in [0.717, 1.165) is 35.2 Å². The molecule has 1 aromatic heterocycles. The molecule has 1 aliphatic rings. The first kappa shape index (κ1) is 17.1. The molecule has 1 heterocycles. The lowest BCUT2D eigenvalue weighted by molar-refractivity contribution is 0.0697. The zero-order valence-electron chi connectivity index (χ0n) is 13.8. The van der Waals surface area contributed by atoms with Gasteiger partial charge < -0.3 is 5.11 Å². The van der Waals surface area contributed by atoms with Gasteiger partial charge in [0.1, 0.15) is 0 Å². The zero-order chi connectivity index (χ0) is 18.3. The maximum atomic E-state index is 12.0. The van der Waals surface area contributed by atoms with Gasteiger partial charge in [-0.1, -0.05) is 47.5 Å². The number of halogens is 2. The average Bonchev–Trinajstić information content (AvgIpc) is 2.63. The van der Waals surface area contributed by atoms with E-state index in [1.54, 1.807) is 6.07 Å². The summed E-state index contributed by atoms with van der Waals surface area (Å²) in [6.45, 7) is 0. The third-order valence-electron chi connectivity index (χ3n) is 4.67. The fourth-order valence-electron chi connectivity index (χ4n) is 3.52. The van der Waals surface area contributed by atoms with E-state index in [9.17, 15) is 9.90 Å². The summed E-state index contributed by atoms with van der Waals surface area (Å²) >= 11 is 12.1. The minimum Gasteiger partial charge on any atom is -0.478 e. The van der Waals surface area contributed by atoms with Gasteiger partial charge in [-0.25, -0.2) is 9.78 Å². The molecule has 0 radical (unpaired) electrons. The van der Waals surface area contributed by atoms with Gasteiger partial charge in [-0.2, -0.15) is 0 Å². The van der Waals surface area contributed by atoms with Crippen molar-refractivity contribution in [1.82, 2.24) is 4.98 Å². The number of rotatable bonds is 2. The molecule has 0 bridgehead atoms. The Bertz CT molecular complexity index is 1070. The van der Waals surface area contributed by atoms with Crippen LogP contribution in [0, 0.1) is 0 Å². The number of nitrogens with zero attached hydrogens (tertiary/aromatic N) is 1. The normalized spacial score (nSPS) is 15.2. The molecule has 0 aliphatic heterocycles. The van der Waals surface area contributed by atoms with E-state index < -0.39 is 5.97 Å². The smallest absolute Gasteiger partial charge is 0.336 e. The van der Waals surface area contributed by atoms with Gasteiger partial charge in [-0.15, -0.1) is 0 Å². The van der Waals surface area contributed by atoms with Crippen LogP contribution in [0.25, 0.3) is 22.6 Å². The molecule has 1 aliphatic carbocycles. The summed E-state index contributed by atoms with van der Waals surface area (Å²) in [7, 11) is 0. The summed E-state index contributed by atoms with van der Waals surface area (Å²) in [4.78, 5) is 16.7. The van der Waals surface area contributed by atoms with Crippen molar-refractivity contribution < 1.29 is 9.90 Å². The second-order valence-electron chi connectivity index (χ2n) is 6.33. The van der Waals surface area contributed by atoms with Crippen molar-refractivity contribution >= 4 is 51.7 Å². The number of aromatic nitrogens is 1. The fourth-order valence-corrected chi connectivity index (χ4v) is 3.83. The molecule has 130 valence electrons. The van der Waals surface area contributed by atoms with Crippen molar-refractivity contribution in [3.63, 3.8) is 0 Å². The number of hydrogen-bond acceptors (Lipinski definition) is 2. The van der Waals surface area contributed by atoms with E-state index in [-0.39, 0.29) is 0 Å². The van der Waals surface area contributed by atoms with Crippen LogP contribution in [0.15, 0.2) is 42.5 Å². The molecule has 4 rings (SSSR count). The summed E-state index contributed by atoms with van der Waals surface area (Å²) in [5, 5.41) is 11.5. The number of carboxylic acids is 1. The van der Waals surface area contributed by atoms with Gasteiger partial charge in [-0.3, -0.25) is 0 Å². The standard InChI is InChI=1S/C21H15Cl2NO2/c22-16-9-8-12(11-17(16)23)10-13-4-3-6-15-19(21(25)26)14-5-1-2-7-18(14)24-20(13)15/h1-2,5,7-11H,3-4,6H2,(H,25,26). The van der Waals surface area contributed by atoms with Crippen molar-refractivity contribution in [3.8, 4) is 0 Å². The number of para-hydroxylation sites is 1. The Morgan fingerprint density at radius 2 is 1.88 bits per heavy atom. The van der Waals surface area contributed by atoms with E-state index in [4.69, 9.17) is 28.2 Å². The number of hydrogen-bond donors (Lipinski definition) is 1. The summed E-state index contributed by atoms with van der Waals surface area (Å²) in [5.41, 5.74) is 4.61. The Kier molecular flexibility index (Phi) is 4.43. The molecule has 0 saturated heterocycles. The van der Waals surface area contributed by atoms with Crippen LogP contribution in [0.2, 0.25) is 10.0 Å². The average molecular weight is 384 g/mol. The molecule has 5 heteroatoms. The van der Waals surface area contributed by atoms with Crippen molar-refractivity contribution in [2.24, 2.45) is 0 Å². The number of carbonyl (C=O) groups is 1. The van der Waals surface area contributed by atoms with Crippen molar-refractivity contribution in [3.05, 3.63) is 74.9 Å². The van der Waals surface area contributed by atoms with Crippen LogP contribution >= 0.6 is 23.2 Å². The number of fused-ring (bicyclic) bond motifs is 2. The minimum atomic E-state index is -0.907. The second-order valence-corrected chi connectivity index (χ2v) is 7.15. The van der Waals surface area contributed by atoms with E-state index >= 15 is 0 Å². The Morgan fingerprint density at radius 1 is 1.08 bits per heavy atom. The SMILES string of the molecule is O=C(O)c1c2c(nc3ccccc13)C(=Cc1ccc(Cl)c(Cl)c1)CCC2. The summed E-state index contributed by atoms with van der Waals surface area (Å²) in [6, 6.07) is 12.9. The quantitative estimate of drug-likeness (QED) is 0.579. The molecule has 0 fully saturated rings. The number of carboxylic acid groups (broad SMARTS) is 1. The minimum absolute atomic E-state index is 0.366. The Morgan fingerprint density at radius 3 is 2.65 bits per heavy atom. The summed E-state index contributed by atoms with van der Waals surface area (Å²) in [5.74, 6) is -0.907. The number of allylic oxidation sites excluding steroid dienone is 1. The molecular weight excluding hydrogens is 369 g/mol. The van der Waals surface area contributed by atoms with Gasteiger partial charge in [0, 0.05) is 5.39 Å². The molecule has 0 amide bonds. The Labute approximate surface area is 160 Å². The lowest BCUT2D eigenvalue weighted by Gasteiger charge is -2.21. The molecule has 26 heavy (non-hydrogen) atoms. The molecule has 2 aromatic carbocycles. The largest absolute Gasteiger partial charge is 0.478 e. The van der Waals surface area contributed by atoms with Crippen LogP contribution in [0.4, 0.5) is 0 Å².